The van der Waals surface area contributed by atoms with E-state index in [2.05, 4.69) is 25.3 Å². The Morgan fingerprint density at radius 2 is 2.11 bits per heavy atom. The van der Waals surface area contributed by atoms with Gasteiger partial charge in [0.2, 0.25) is 11.9 Å². The Hall–Kier alpha value is -1.38. The number of hydrazine groups is 1. The number of nitrogens with two attached hydrogens (primary N) is 1. The van der Waals surface area contributed by atoms with Crippen molar-refractivity contribution in [1.82, 2.24) is 15.0 Å². The van der Waals surface area contributed by atoms with Gasteiger partial charge in [-0.05, 0) is 36.0 Å². The Balaban J connectivity index is 1.88. The molecule has 19 heavy (non-hydrogen) atoms. The van der Waals surface area contributed by atoms with Gasteiger partial charge < -0.3 is 4.90 Å². The lowest BCUT2D eigenvalue weighted by Gasteiger charge is -2.15. The lowest BCUT2D eigenvalue weighted by atomic mass is 10.4. The molecule has 3 rings (SSSR count). The van der Waals surface area contributed by atoms with E-state index in [1.807, 2.05) is 17.5 Å². The fourth-order valence-corrected chi connectivity index (χ4v) is 3.54. The number of anilines is 2. The second-order valence-corrected chi connectivity index (χ2v) is 6.33. The van der Waals surface area contributed by atoms with Crippen LogP contribution in [0.2, 0.25) is 0 Å². The zero-order valence-electron chi connectivity index (χ0n) is 10.2. The van der Waals surface area contributed by atoms with E-state index in [1.54, 1.807) is 11.3 Å². The smallest absolute Gasteiger partial charge is 0.242 e. The quantitative estimate of drug-likeness (QED) is 0.659. The molecule has 0 aromatic carbocycles. The Kier molecular flexibility index (Phi) is 3.81. The van der Waals surface area contributed by atoms with Gasteiger partial charge in [0, 0.05) is 13.1 Å². The molecule has 2 aromatic heterocycles. The highest BCUT2D eigenvalue weighted by Gasteiger charge is 2.17. The first-order chi connectivity index (χ1) is 9.35. The van der Waals surface area contributed by atoms with E-state index < -0.39 is 0 Å². The number of thiophene rings is 1. The molecule has 3 N–H and O–H groups in total. The molecular weight excluding hydrogens is 280 g/mol. The van der Waals surface area contributed by atoms with Crippen LogP contribution in [0.25, 0.3) is 0 Å². The summed E-state index contributed by atoms with van der Waals surface area (Å²) in [5, 5.41) is 2.71. The van der Waals surface area contributed by atoms with Crippen molar-refractivity contribution in [3.05, 3.63) is 17.5 Å². The number of nitrogen functional groups attached to an aromatic ring is 1. The highest BCUT2D eigenvalue weighted by molar-refractivity contribution is 8.01. The normalized spacial score (nSPS) is 14.9. The van der Waals surface area contributed by atoms with Crippen molar-refractivity contribution in [2.75, 3.05) is 23.4 Å². The van der Waals surface area contributed by atoms with Gasteiger partial charge in [-0.2, -0.15) is 15.0 Å². The number of nitrogens with zero attached hydrogens (tertiary/aromatic N) is 4. The van der Waals surface area contributed by atoms with E-state index in [-0.39, 0.29) is 0 Å². The number of rotatable bonds is 4. The van der Waals surface area contributed by atoms with Gasteiger partial charge >= 0.3 is 0 Å². The third kappa shape index (κ3) is 2.96. The maximum Gasteiger partial charge on any atom is 0.242 e. The Bertz CT molecular complexity index is 538. The van der Waals surface area contributed by atoms with Crippen molar-refractivity contribution in [2.45, 2.75) is 22.2 Å². The molecule has 3 heterocycles. The summed E-state index contributed by atoms with van der Waals surface area (Å²) >= 11 is 3.20. The monoisotopic (exact) mass is 294 g/mol. The third-order valence-corrected chi connectivity index (χ3v) is 4.71. The summed E-state index contributed by atoms with van der Waals surface area (Å²) in [6.07, 6.45) is 2.37. The SMILES string of the molecule is NNc1nc(Sc2cccs2)nc(N2CCCC2)n1. The van der Waals surface area contributed by atoms with Crippen LogP contribution in [0.4, 0.5) is 11.9 Å². The van der Waals surface area contributed by atoms with Crippen molar-refractivity contribution < 1.29 is 0 Å². The van der Waals surface area contributed by atoms with Gasteiger partial charge in [0.25, 0.3) is 0 Å². The van der Waals surface area contributed by atoms with Gasteiger partial charge in [0.1, 0.15) is 0 Å². The molecule has 2 aromatic rings. The molecule has 0 saturated carbocycles. The molecule has 1 aliphatic heterocycles. The van der Waals surface area contributed by atoms with Crippen LogP contribution in [0.3, 0.4) is 0 Å². The molecule has 0 radical (unpaired) electrons. The summed E-state index contributed by atoms with van der Waals surface area (Å²) in [4.78, 5) is 15.3. The second-order valence-electron chi connectivity index (χ2n) is 4.11. The van der Waals surface area contributed by atoms with E-state index in [0.717, 1.165) is 17.3 Å². The largest absolute Gasteiger partial charge is 0.341 e. The van der Waals surface area contributed by atoms with Crippen LogP contribution in [-0.2, 0) is 0 Å². The van der Waals surface area contributed by atoms with Crippen LogP contribution >= 0.6 is 23.1 Å². The fourth-order valence-electron chi connectivity index (χ4n) is 1.93. The number of aromatic nitrogens is 3. The van der Waals surface area contributed by atoms with Crippen LogP contribution in [0.5, 0.6) is 0 Å². The Morgan fingerprint density at radius 3 is 2.79 bits per heavy atom. The van der Waals surface area contributed by atoms with Gasteiger partial charge in [-0.25, -0.2) is 5.84 Å². The van der Waals surface area contributed by atoms with Crippen LogP contribution < -0.4 is 16.2 Å². The van der Waals surface area contributed by atoms with Gasteiger partial charge in [-0.1, -0.05) is 6.07 Å². The minimum absolute atomic E-state index is 0.413. The maximum absolute atomic E-state index is 5.43. The molecule has 8 heteroatoms. The summed E-state index contributed by atoms with van der Waals surface area (Å²) in [6.45, 7) is 1.99. The van der Waals surface area contributed by atoms with Crippen molar-refractivity contribution in [2.24, 2.45) is 5.84 Å². The van der Waals surface area contributed by atoms with Crippen molar-refractivity contribution in [3.8, 4) is 0 Å². The molecular formula is C11H14N6S2. The summed E-state index contributed by atoms with van der Waals surface area (Å²) in [5.41, 5.74) is 2.51. The van der Waals surface area contributed by atoms with Crippen LogP contribution in [0.15, 0.2) is 26.9 Å². The van der Waals surface area contributed by atoms with Crippen LogP contribution in [0, 0.1) is 0 Å². The molecule has 0 amide bonds. The molecule has 0 spiro atoms. The maximum atomic E-state index is 5.43. The Morgan fingerprint density at radius 1 is 1.26 bits per heavy atom. The first-order valence-electron chi connectivity index (χ1n) is 6.04. The molecule has 0 unspecified atom stereocenters. The average Bonchev–Trinajstić information content (AvgIpc) is 3.11. The first-order valence-corrected chi connectivity index (χ1v) is 7.74. The van der Waals surface area contributed by atoms with E-state index in [1.165, 1.54) is 24.6 Å². The summed E-state index contributed by atoms with van der Waals surface area (Å²) in [6, 6.07) is 4.06. The Labute approximate surface area is 119 Å². The van der Waals surface area contributed by atoms with Crippen molar-refractivity contribution >= 4 is 35.0 Å². The topological polar surface area (TPSA) is 80.0 Å². The summed E-state index contributed by atoms with van der Waals surface area (Å²) in [7, 11) is 0. The molecule has 0 atom stereocenters. The minimum Gasteiger partial charge on any atom is -0.341 e. The highest BCUT2D eigenvalue weighted by Crippen LogP contribution is 2.30. The summed E-state index contributed by atoms with van der Waals surface area (Å²) in [5.74, 6) is 6.55. The van der Waals surface area contributed by atoms with Gasteiger partial charge in [0.15, 0.2) is 5.16 Å². The number of hydrogen-bond donors (Lipinski definition) is 2. The lowest BCUT2D eigenvalue weighted by molar-refractivity contribution is 0.828. The molecule has 1 saturated heterocycles. The number of hydrogen-bond acceptors (Lipinski definition) is 8. The molecule has 0 bridgehead atoms. The predicted octanol–water partition coefficient (Wildman–Crippen LogP) is 1.97. The van der Waals surface area contributed by atoms with Gasteiger partial charge in [0.05, 0.1) is 4.21 Å². The molecule has 6 nitrogen and oxygen atoms in total. The fraction of sp³-hybridized carbons (Fsp3) is 0.364. The average molecular weight is 294 g/mol. The lowest BCUT2D eigenvalue weighted by Crippen LogP contribution is -2.22. The van der Waals surface area contributed by atoms with Crippen LogP contribution in [0.1, 0.15) is 12.8 Å². The molecule has 100 valence electrons. The van der Waals surface area contributed by atoms with Crippen molar-refractivity contribution in [1.29, 1.82) is 0 Å². The zero-order valence-corrected chi connectivity index (χ0v) is 11.9. The summed E-state index contributed by atoms with van der Waals surface area (Å²) < 4.78 is 1.15. The predicted molar refractivity (Wildman–Crippen MR) is 77.5 cm³/mol. The second kappa shape index (κ2) is 5.72. The number of nitrogens with one attached hydrogen (secondary N) is 1. The minimum atomic E-state index is 0.413. The third-order valence-electron chi connectivity index (χ3n) is 2.81. The van der Waals surface area contributed by atoms with E-state index in [4.69, 9.17) is 5.84 Å². The first kappa shape index (κ1) is 12.6. The van der Waals surface area contributed by atoms with E-state index in [9.17, 15) is 0 Å². The van der Waals surface area contributed by atoms with E-state index in [0.29, 0.717) is 17.1 Å². The highest BCUT2D eigenvalue weighted by atomic mass is 32.2. The van der Waals surface area contributed by atoms with E-state index >= 15 is 0 Å². The van der Waals surface area contributed by atoms with Crippen molar-refractivity contribution in [3.63, 3.8) is 0 Å². The zero-order chi connectivity index (χ0) is 13.1. The molecule has 1 aliphatic rings. The molecule has 1 fully saturated rings. The van der Waals surface area contributed by atoms with Gasteiger partial charge in [-0.3, -0.25) is 5.43 Å². The molecule has 0 aliphatic carbocycles. The van der Waals surface area contributed by atoms with Crippen LogP contribution in [-0.4, -0.2) is 28.0 Å². The standard InChI is InChI=1S/C11H14N6S2/c12-16-9-13-10(17-5-1-2-6-17)15-11(14-9)19-8-4-3-7-18-8/h3-4,7H,1-2,5-6,12H2,(H,13,14,15,16). The van der Waals surface area contributed by atoms with Gasteiger partial charge in [-0.15, -0.1) is 11.3 Å².